The number of thiazole rings is 1. The third kappa shape index (κ3) is 4.65. The number of likely N-dealkylation sites (N-methyl/N-ethyl adjacent to an activating group) is 1. The van der Waals surface area contributed by atoms with E-state index in [0.29, 0.717) is 18.5 Å². The molecule has 0 aromatic carbocycles. The van der Waals surface area contributed by atoms with E-state index in [1.807, 2.05) is 25.9 Å². The number of rotatable bonds is 6. The van der Waals surface area contributed by atoms with Crippen LogP contribution in [0.3, 0.4) is 0 Å². The maximum atomic E-state index is 11.8. The number of hydrogen-bond acceptors (Lipinski definition) is 7. The minimum absolute atomic E-state index is 0.103. The van der Waals surface area contributed by atoms with E-state index in [-0.39, 0.29) is 5.56 Å². The van der Waals surface area contributed by atoms with Crippen LogP contribution < -0.4 is 10.5 Å². The molecule has 1 aliphatic heterocycles. The minimum atomic E-state index is -0.103. The lowest BCUT2D eigenvalue weighted by Crippen LogP contribution is -2.34. The van der Waals surface area contributed by atoms with Crippen molar-refractivity contribution in [2.45, 2.75) is 32.5 Å². The Kier molecular flexibility index (Phi) is 5.51. The first kappa shape index (κ1) is 18.0. The van der Waals surface area contributed by atoms with Gasteiger partial charge in [-0.1, -0.05) is 0 Å². The zero-order chi connectivity index (χ0) is 18.0. The zero-order valence-electron chi connectivity index (χ0n) is 15.3. The third-order valence-corrected chi connectivity index (χ3v) is 5.36. The number of anilines is 1. The quantitative estimate of drug-likeness (QED) is 0.836. The van der Waals surface area contributed by atoms with Crippen molar-refractivity contribution in [3.63, 3.8) is 0 Å². The van der Waals surface area contributed by atoms with Crippen molar-refractivity contribution in [3.05, 3.63) is 38.2 Å². The van der Waals surface area contributed by atoms with Crippen molar-refractivity contribution in [2.24, 2.45) is 0 Å². The first-order chi connectivity index (χ1) is 11.9. The molecule has 8 heteroatoms. The summed E-state index contributed by atoms with van der Waals surface area (Å²) in [7, 11) is 5.86. The highest BCUT2D eigenvalue weighted by molar-refractivity contribution is 7.09. The summed E-state index contributed by atoms with van der Waals surface area (Å²) >= 11 is 1.71. The second kappa shape index (κ2) is 7.63. The molecule has 2 aromatic rings. The van der Waals surface area contributed by atoms with Gasteiger partial charge in [-0.2, -0.15) is 0 Å². The van der Waals surface area contributed by atoms with Gasteiger partial charge < -0.3 is 4.90 Å². The van der Waals surface area contributed by atoms with Gasteiger partial charge in [0.25, 0.3) is 5.56 Å². The van der Waals surface area contributed by atoms with Crippen LogP contribution in [0.5, 0.6) is 0 Å². The van der Waals surface area contributed by atoms with E-state index in [0.717, 1.165) is 42.5 Å². The van der Waals surface area contributed by atoms with E-state index in [1.54, 1.807) is 17.4 Å². The number of likely N-dealkylation sites (tertiary alicyclic amines) is 1. The molecule has 1 unspecified atom stereocenters. The topological polar surface area (TPSA) is 68.4 Å². The molecule has 2 aromatic heterocycles. The highest BCUT2D eigenvalue weighted by Crippen LogP contribution is 2.19. The van der Waals surface area contributed by atoms with Gasteiger partial charge >= 0.3 is 0 Å². The molecule has 7 nitrogen and oxygen atoms in total. The standard InChI is InChI=1S/C17H26N6OS/c1-12-18-14(11-25-12)9-23-6-5-15(10-23)22(4)8-13-7-16(24)20-17(19-13)21(2)3/h7,11,15H,5-6,8-10H2,1-4H3,(H,19,20,24). The molecule has 0 spiro atoms. The summed E-state index contributed by atoms with van der Waals surface area (Å²) in [5.41, 5.74) is 1.87. The Bertz CT molecular complexity index is 770. The fourth-order valence-electron chi connectivity index (χ4n) is 3.20. The monoisotopic (exact) mass is 362 g/mol. The number of hydrogen-bond donors (Lipinski definition) is 1. The Morgan fingerprint density at radius 3 is 2.80 bits per heavy atom. The summed E-state index contributed by atoms with van der Waals surface area (Å²) in [4.78, 5) is 30.2. The van der Waals surface area contributed by atoms with E-state index >= 15 is 0 Å². The number of aryl methyl sites for hydroxylation is 1. The van der Waals surface area contributed by atoms with Crippen molar-refractivity contribution in [2.75, 3.05) is 39.1 Å². The predicted octanol–water partition coefficient (Wildman–Crippen LogP) is 1.31. The van der Waals surface area contributed by atoms with E-state index in [2.05, 4.69) is 37.2 Å². The van der Waals surface area contributed by atoms with Gasteiger partial charge in [-0.15, -0.1) is 11.3 Å². The lowest BCUT2D eigenvalue weighted by Gasteiger charge is -2.24. The van der Waals surface area contributed by atoms with Crippen LogP contribution in [0, 0.1) is 6.92 Å². The molecule has 136 valence electrons. The first-order valence-corrected chi connectivity index (χ1v) is 9.40. The molecule has 1 fully saturated rings. The smallest absolute Gasteiger partial charge is 0.252 e. The second-order valence-electron chi connectivity index (χ2n) is 6.91. The SMILES string of the molecule is Cc1nc(CN2CCC(N(C)Cc3cc(=O)[nH]c(N(C)C)n3)C2)cs1. The number of nitrogens with zero attached hydrogens (tertiary/aromatic N) is 5. The second-order valence-corrected chi connectivity index (χ2v) is 7.97. The van der Waals surface area contributed by atoms with Crippen LogP contribution in [-0.4, -0.2) is 65.0 Å². The van der Waals surface area contributed by atoms with E-state index in [1.165, 1.54) is 0 Å². The molecule has 1 saturated heterocycles. The Hall–Kier alpha value is -1.77. The fraction of sp³-hybridized carbons (Fsp3) is 0.588. The fourth-order valence-corrected chi connectivity index (χ4v) is 3.80. The van der Waals surface area contributed by atoms with Gasteiger partial charge in [0.2, 0.25) is 5.95 Å². The predicted molar refractivity (Wildman–Crippen MR) is 101 cm³/mol. The van der Waals surface area contributed by atoms with Gasteiger partial charge in [0, 0.05) is 57.8 Å². The van der Waals surface area contributed by atoms with E-state index < -0.39 is 0 Å². The van der Waals surface area contributed by atoms with Crippen LogP contribution in [-0.2, 0) is 13.1 Å². The summed E-state index contributed by atoms with van der Waals surface area (Å²) in [5.74, 6) is 0.600. The summed E-state index contributed by atoms with van der Waals surface area (Å²) in [6, 6.07) is 2.07. The van der Waals surface area contributed by atoms with Gasteiger partial charge in [0.15, 0.2) is 0 Å². The zero-order valence-corrected chi connectivity index (χ0v) is 16.1. The summed E-state index contributed by atoms with van der Waals surface area (Å²) in [6.45, 7) is 5.75. The molecule has 0 saturated carbocycles. The molecule has 25 heavy (non-hydrogen) atoms. The van der Waals surface area contributed by atoms with Crippen LogP contribution in [0.2, 0.25) is 0 Å². The van der Waals surface area contributed by atoms with Gasteiger partial charge in [-0.25, -0.2) is 9.97 Å². The molecule has 1 aliphatic rings. The van der Waals surface area contributed by atoms with Crippen LogP contribution in [0.25, 0.3) is 0 Å². The van der Waals surface area contributed by atoms with Crippen molar-refractivity contribution >= 4 is 17.3 Å². The van der Waals surface area contributed by atoms with Gasteiger partial charge in [0.1, 0.15) is 0 Å². The number of aromatic nitrogens is 3. The molecule has 0 aliphatic carbocycles. The van der Waals surface area contributed by atoms with Crippen LogP contribution in [0.4, 0.5) is 5.95 Å². The molecular formula is C17H26N6OS. The Balaban J connectivity index is 1.59. The highest BCUT2D eigenvalue weighted by Gasteiger charge is 2.26. The third-order valence-electron chi connectivity index (χ3n) is 4.54. The summed E-state index contributed by atoms with van der Waals surface area (Å²) in [6.07, 6.45) is 1.13. The molecule has 0 radical (unpaired) electrons. The van der Waals surface area contributed by atoms with Gasteiger partial charge in [-0.3, -0.25) is 19.6 Å². The molecule has 1 atom stereocenters. The average Bonchev–Trinajstić information content (AvgIpc) is 3.16. The van der Waals surface area contributed by atoms with Gasteiger partial charge in [0.05, 0.1) is 16.4 Å². The number of H-pyrrole nitrogens is 1. The molecular weight excluding hydrogens is 336 g/mol. The van der Waals surface area contributed by atoms with Crippen LogP contribution in [0.1, 0.15) is 22.8 Å². The van der Waals surface area contributed by atoms with Crippen molar-refractivity contribution < 1.29 is 0 Å². The van der Waals surface area contributed by atoms with Crippen LogP contribution >= 0.6 is 11.3 Å². The van der Waals surface area contributed by atoms with Crippen molar-refractivity contribution in [3.8, 4) is 0 Å². The summed E-state index contributed by atoms with van der Waals surface area (Å²) < 4.78 is 0. The molecule has 3 heterocycles. The molecule has 0 bridgehead atoms. The Morgan fingerprint density at radius 1 is 1.32 bits per heavy atom. The minimum Gasteiger partial charge on any atom is -0.348 e. The normalized spacial score (nSPS) is 18.2. The molecule has 3 rings (SSSR count). The Labute approximate surface area is 152 Å². The maximum absolute atomic E-state index is 11.8. The van der Waals surface area contributed by atoms with Crippen molar-refractivity contribution in [1.29, 1.82) is 0 Å². The molecule has 0 amide bonds. The molecule has 1 N–H and O–H groups in total. The van der Waals surface area contributed by atoms with Crippen molar-refractivity contribution in [1.82, 2.24) is 24.8 Å². The average molecular weight is 363 g/mol. The van der Waals surface area contributed by atoms with E-state index in [9.17, 15) is 4.79 Å². The Morgan fingerprint density at radius 2 is 2.12 bits per heavy atom. The maximum Gasteiger partial charge on any atom is 0.252 e. The number of nitrogens with one attached hydrogen (secondary N) is 1. The van der Waals surface area contributed by atoms with Gasteiger partial charge in [-0.05, 0) is 20.4 Å². The van der Waals surface area contributed by atoms with Crippen LogP contribution in [0.15, 0.2) is 16.2 Å². The largest absolute Gasteiger partial charge is 0.348 e. The number of aromatic amines is 1. The van der Waals surface area contributed by atoms with E-state index in [4.69, 9.17) is 0 Å². The lowest BCUT2D eigenvalue weighted by molar-refractivity contribution is 0.220. The first-order valence-electron chi connectivity index (χ1n) is 8.52. The highest BCUT2D eigenvalue weighted by atomic mass is 32.1. The summed E-state index contributed by atoms with van der Waals surface area (Å²) in [5, 5.41) is 3.27. The lowest BCUT2D eigenvalue weighted by atomic mass is 10.2.